The van der Waals surface area contributed by atoms with Gasteiger partial charge < -0.3 is 14.6 Å². The summed E-state index contributed by atoms with van der Waals surface area (Å²) in [7, 11) is 1.70. The number of aryl methyl sites for hydroxylation is 1. The molecule has 0 amide bonds. The molecule has 2 aliphatic heterocycles. The molecular weight excluding hydrogens is 292 g/mol. The van der Waals surface area contributed by atoms with Gasteiger partial charge in [-0.05, 0) is 66.8 Å². The minimum absolute atomic E-state index is 0.00347. The Labute approximate surface area is 135 Å². The van der Waals surface area contributed by atoms with Crippen LogP contribution in [0.2, 0.25) is 0 Å². The molecule has 122 valence electrons. The van der Waals surface area contributed by atoms with Crippen molar-refractivity contribution in [1.82, 2.24) is 0 Å². The molecule has 2 saturated heterocycles. The maximum atomic E-state index is 12.8. The van der Waals surface area contributed by atoms with Crippen LogP contribution in [0.4, 0.5) is 0 Å². The highest BCUT2D eigenvalue weighted by Crippen LogP contribution is 2.69. The lowest BCUT2D eigenvalue weighted by atomic mass is 9.47. The fourth-order valence-electron chi connectivity index (χ4n) is 6.21. The van der Waals surface area contributed by atoms with Gasteiger partial charge in [0.2, 0.25) is 0 Å². The summed E-state index contributed by atoms with van der Waals surface area (Å²) in [6.45, 7) is 4.17. The molecule has 5 atom stereocenters. The van der Waals surface area contributed by atoms with E-state index in [9.17, 15) is 9.90 Å². The minimum atomic E-state index is -1.05. The largest absolute Gasteiger partial charge is 0.496 e. The number of carbonyl (C=O) groups excluding carboxylic acids is 1. The second-order valence-electron chi connectivity index (χ2n) is 7.85. The number of hydrogen-bond acceptors (Lipinski definition) is 4. The third kappa shape index (κ3) is 1.22. The molecule has 1 spiro atoms. The average molecular weight is 314 g/mol. The molecule has 5 aliphatic rings. The summed E-state index contributed by atoms with van der Waals surface area (Å²) in [5.74, 6) is 0.879. The first-order chi connectivity index (χ1) is 10.9. The summed E-state index contributed by atoms with van der Waals surface area (Å²) in [6.07, 6.45) is 2.98. The van der Waals surface area contributed by atoms with Crippen LogP contribution in [0.1, 0.15) is 42.0 Å². The van der Waals surface area contributed by atoms with Crippen molar-refractivity contribution in [3.05, 3.63) is 28.3 Å². The predicted molar refractivity (Wildman–Crippen MR) is 83.2 cm³/mol. The number of ether oxygens (including phenoxy) is 2. The maximum absolute atomic E-state index is 12.8. The number of carbonyl (C=O) groups is 1. The summed E-state index contributed by atoms with van der Waals surface area (Å²) >= 11 is 0. The first-order valence-corrected chi connectivity index (χ1v) is 8.58. The van der Waals surface area contributed by atoms with E-state index in [1.165, 1.54) is 5.56 Å². The maximum Gasteiger partial charge on any atom is 0.315 e. The second-order valence-corrected chi connectivity index (χ2v) is 7.85. The lowest BCUT2D eigenvalue weighted by Crippen LogP contribution is -2.70. The van der Waals surface area contributed by atoms with Crippen molar-refractivity contribution < 1.29 is 19.4 Å². The van der Waals surface area contributed by atoms with Gasteiger partial charge in [-0.15, -0.1) is 0 Å². The molecule has 3 aliphatic carbocycles. The van der Waals surface area contributed by atoms with E-state index in [0.717, 1.165) is 41.7 Å². The van der Waals surface area contributed by atoms with Crippen LogP contribution in [-0.4, -0.2) is 24.3 Å². The van der Waals surface area contributed by atoms with E-state index in [1.807, 2.05) is 0 Å². The van der Waals surface area contributed by atoms with Gasteiger partial charge in [-0.2, -0.15) is 0 Å². The average Bonchev–Trinajstić information content (AvgIpc) is 2.84. The minimum Gasteiger partial charge on any atom is -0.496 e. The van der Waals surface area contributed by atoms with Crippen molar-refractivity contribution in [2.24, 2.45) is 17.3 Å². The highest BCUT2D eigenvalue weighted by atomic mass is 16.6. The van der Waals surface area contributed by atoms with Crippen LogP contribution in [0.5, 0.6) is 5.75 Å². The van der Waals surface area contributed by atoms with Gasteiger partial charge in [0.25, 0.3) is 0 Å². The third-order valence-electron chi connectivity index (χ3n) is 7.28. The van der Waals surface area contributed by atoms with Crippen LogP contribution in [0, 0.1) is 24.2 Å². The number of aliphatic hydroxyl groups is 1. The lowest BCUT2D eigenvalue weighted by Gasteiger charge is -2.62. The summed E-state index contributed by atoms with van der Waals surface area (Å²) < 4.78 is 11.3. The van der Waals surface area contributed by atoms with Crippen LogP contribution in [0.15, 0.2) is 6.07 Å². The highest BCUT2D eigenvalue weighted by molar-refractivity contribution is 5.84. The number of fused-ring (bicyclic) bond motifs is 2. The van der Waals surface area contributed by atoms with Crippen molar-refractivity contribution in [1.29, 1.82) is 0 Å². The number of hydrogen-bond donors (Lipinski definition) is 1. The standard InChI is InChI=1S/C19H22O4/c1-9-6-15-13-8-12-10(2)14(22-3)7-11-4-5-18(9,17(20)23-15)19(13,21)16(11)12/h7,9,13,15,21H,4-6,8H2,1-3H3/t9-,13-,15+,18+,19-/m0/s1. The smallest absolute Gasteiger partial charge is 0.315 e. The SMILES string of the molecule is COc1cc2c3c(c1C)C[C@H]1[C@H]4C[C@H](C)[C@](CC2)(C(=O)O4)[C@@]31O. The van der Waals surface area contributed by atoms with Gasteiger partial charge in [0.1, 0.15) is 22.9 Å². The molecule has 4 nitrogen and oxygen atoms in total. The Balaban J connectivity index is 1.86. The Hall–Kier alpha value is -1.55. The molecule has 0 radical (unpaired) electrons. The van der Waals surface area contributed by atoms with E-state index >= 15 is 0 Å². The molecule has 2 heterocycles. The topological polar surface area (TPSA) is 55.8 Å². The van der Waals surface area contributed by atoms with Gasteiger partial charge >= 0.3 is 5.97 Å². The summed E-state index contributed by atoms with van der Waals surface area (Å²) in [6, 6.07) is 2.07. The van der Waals surface area contributed by atoms with Crippen molar-refractivity contribution in [2.45, 2.75) is 51.2 Å². The van der Waals surface area contributed by atoms with E-state index in [4.69, 9.17) is 9.47 Å². The molecular formula is C19H22O4. The van der Waals surface area contributed by atoms with E-state index in [2.05, 4.69) is 19.9 Å². The molecule has 1 aromatic rings. The molecule has 0 unspecified atom stereocenters. The zero-order valence-electron chi connectivity index (χ0n) is 13.8. The van der Waals surface area contributed by atoms with Gasteiger partial charge in [0.05, 0.1) is 7.11 Å². The predicted octanol–water partition coefficient (Wildman–Crippen LogP) is 2.26. The highest BCUT2D eigenvalue weighted by Gasteiger charge is 2.75. The van der Waals surface area contributed by atoms with Gasteiger partial charge in [0.15, 0.2) is 0 Å². The van der Waals surface area contributed by atoms with Gasteiger partial charge in [-0.3, -0.25) is 4.79 Å². The summed E-state index contributed by atoms with van der Waals surface area (Å²) in [5, 5.41) is 11.9. The molecule has 23 heavy (non-hydrogen) atoms. The van der Waals surface area contributed by atoms with E-state index < -0.39 is 11.0 Å². The molecule has 0 aromatic heterocycles. The molecule has 1 saturated carbocycles. The van der Waals surface area contributed by atoms with E-state index in [0.29, 0.717) is 6.42 Å². The zero-order valence-corrected chi connectivity index (χ0v) is 13.8. The molecule has 6 rings (SSSR count). The van der Waals surface area contributed by atoms with E-state index in [1.54, 1.807) is 7.11 Å². The Bertz CT molecular complexity index is 754. The molecule has 4 heteroatoms. The third-order valence-corrected chi connectivity index (χ3v) is 7.28. The van der Waals surface area contributed by atoms with Crippen molar-refractivity contribution in [3.63, 3.8) is 0 Å². The second kappa shape index (κ2) is 3.92. The quantitative estimate of drug-likeness (QED) is 0.808. The normalized spacial score (nSPS) is 42.4. The van der Waals surface area contributed by atoms with Crippen molar-refractivity contribution in [3.8, 4) is 5.75 Å². The Morgan fingerprint density at radius 2 is 2.22 bits per heavy atom. The first kappa shape index (κ1) is 13.8. The van der Waals surface area contributed by atoms with Gasteiger partial charge in [-0.25, -0.2) is 0 Å². The first-order valence-electron chi connectivity index (χ1n) is 8.58. The molecule has 1 N–H and O–H groups in total. The van der Waals surface area contributed by atoms with Gasteiger partial charge in [-0.1, -0.05) is 6.92 Å². The Kier molecular flexibility index (Phi) is 2.36. The molecule has 3 fully saturated rings. The lowest BCUT2D eigenvalue weighted by molar-refractivity contribution is -0.274. The Morgan fingerprint density at radius 1 is 1.43 bits per heavy atom. The monoisotopic (exact) mass is 314 g/mol. The zero-order chi connectivity index (χ0) is 16.1. The van der Waals surface area contributed by atoms with Crippen LogP contribution >= 0.6 is 0 Å². The van der Waals surface area contributed by atoms with Gasteiger partial charge in [0, 0.05) is 5.92 Å². The fraction of sp³-hybridized carbons (Fsp3) is 0.632. The Morgan fingerprint density at radius 3 is 2.91 bits per heavy atom. The van der Waals surface area contributed by atoms with Crippen LogP contribution in [0.3, 0.4) is 0 Å². The van der Waals surface area contributed by atoms with E-state index in [-0.39, 0.29) is 23.9 Å². The fourth-order valence-corrected chi connectivity index (χ4v) is 6.21. The van der Waals surface area contributed by atoms with Crippen LogP contribution in [-0.2, 0) is 28.0 Å². The number of rotatable bonds is 1. The summed E-state index contributed by atoms with van der Waals surface area (Å²) in [4.78, 5) is 12.8. The number of methoxy groups -OCH3 is 1. The van der Waals surface area contributed by atoms with Crippen LogP contribution in [0.25, 0.3) is 0 Å². The summed E-state index contributed by atoms with van der Waals surface area (Å²) in [5.41, 5.74) is 2.67. The molecule has 1 aromatic carbocycles. The molecule has 2 bridgehead atoms. The van der Waals surface area contributed by atoms with Crippen molar-refractivity contribution >= 4 is 5.97 Å². The number of benzene rings is 1. The van der Waals surface area contributed by atoms with Crippen LogP contribution < -0.4 is 4.74 Å². The number of esters is 1. The van der Waals surface area contributed by atoms with Crippen molar-refractivity contribution in [2.75, 3.05) is 7.11 Å².